The van der Waals surface area contributed by atoms with Crippen molar-refractivity contribution in [2.75, 3.05) is 17.6 Å². The van der Waals surface area contributed by atoms with Gasteiger partial charge in [-0.05, 0) is 30.3 Å². The van der Waals surface area contributed by atoms with Gasteiger partial charge in [0.1, 0.15) is 5.82 Å². The van der Waals surface area contributed by atoms with Gasteiger partial charge in [-0.15, -0.1) is 0 Å². The highest BCUT2D eigenvalue weighted by Crippen LogP contribution is 2.19. The number of carbonyl (C=O) groups excluding carboxylic acids is 1. The van der Waals surface area contributed by atoms with Crippen LogP contribution < -0.4 is 16.4 Å². The van der Waals surface area contributed by atoms with E-state index in [2.05, 4.69) is 15.6 Å². The summed E-state index contributed by atoms with van der Waals surface area (Å²) in [5.41, 5.74) is 7.35. The van der Waals surface area contributed by atoms with Crippen LogP contribution in [-0.2, 0) is 4.79 Å². The summed E-state index contributed by atoms with van der Waals surface area (Å²) in [5.74, 6) is 0.870. The third-order valence-electron chi connectivity index (χ3n) is 3.04. The number of rotatable bonds is 2. The quantitative estimate of drug-likeness (QED) is 0.689. The molecule has 5 nitrogen and oxygen atoms in total. The van der Waals surface area contributed by atoms with Gasteiger partial charge in [-0.2, -0.15) is 0 Å². The molecule has 1 saturated heterocycles. The standard InChI is InChI=1S/C13H14N4O/c14-9-2-3-11-8(5-9)1-4-12(17-11)16-10-6-13(18)15-7-10/h1-5,10H,6-7,14H2,(H,15,18)(H,16,17). The molecule has 92 valence electrons. The number of nitrogens with one attached hydrogen (secondary N) is 2. The first-order chi connectivity index (χ1) is 8.70. The van der Waals surface area contributed by atoms with Crippen LogP contribution in [-0.4, -0.2) is 23.5 Å². The number of nitrogens with two attached hydrogens (primary N) is 1. The molecule has 1 unspecified atom stereocenters. The van der Waals surface area contributed by atoms with E-state index in [0.29, 0.717) is 13.0 Å². The number of nitrogens with zero attached hydrogens (tertiary/aromatic N) is 1. The predicted octanol–water partition coefficient (Wildman–Crippen LogP) is 1.12. The van der Waals surface area contributed by atoms with E-state index in [1.165, 1.54) is 0 Å². The van der Waals surface area contributed by atoms with Crippen molar-refractivity contribution in [2.24, 2.45) is 0 Å². The van der Waals surface area contributed by atoms with E-state index < -0.39 is 0 Å². The summed E-state index contributed by atoms with van der Waals surface area (Å²) in [6, 6.07) is 9.63. The molecule has 1 atom stereocenters. The minimum atomic E-state index is 0.0843. The minimum absolute atomic E-state index is 0.0843. The smallest absolute Gasteiger partial charge is 0.222 e. The summed E-state index contributed by atoms with van der Waals surface area (Å²) in [6.07, 6.45) is 0.501. The number of carbonyl (C=O) groups is 1. The van der Waals surface area contributed by atoms with E-state index in [9.17, 15) is 4.79 Å². The molecule has 5 heteroatoms. The van der Waals surface area contributed by atoms with Gasteiger partial charge in [-0.1, -0.05) is 0 Å². The first kappa shape index (κ1) is 10.8. The number of pyridine rings is 1. The van der Waals surface area contributed by atoms with Crippen LogP contribution >= 0.6 is 0 Å². The summed E-state index contributed by atoms with van der Waals surface area (Å²) in [7, 11) is 0. The van der Waals surface area contributed by atoms with Crippen molar-refractivity contribution in [2.45, 2.75) is 12.5 Å². The molecule has 1 aromatic heterocycles. The van der Waals surface area contributed by atoms with E-state index in [4.69, 9.17) is 5.73 Å². The molecule has 4 N–H and O–H groups in total. The van der Waals surface area contributed by atoms with Gasteiger partial charge in [-0.25, -0.2) is 4.98 Å². The molecule has 1 aromatic carbocycles. The highest BCUT2D eigenvalue weighted by molar-refractivity contribution is 5.83. The van der Waals surface area contributed by atoms with Gasteiger partial charge in [0.25, 0.3) is 0 Å². The number of hydrogen-bond acceptors (Lipinski definition) is 4. The van der Waals surface area contributed by atoms with Crippen LogP contribution in [0.4, 0.5) is 11.5 Å². The Kier molecular flexibility index (Phi) is 2.51. The lowest BCUT2D eigenvalue weighted by Crippen LogP contribution is -2.22. The van der Waals surface area contributed by atoms with Crippen molar-refractivity contribution in [3.63, 3.8) is 0 Å². The number of hydrogen-bond donors (Lipinski definition) is 3. The van der Waals surface area contributed by atoms with Crippen LogP contribution in [0.25, 0.3) is 10.9 Å². The van der Waals surface area contributed by atoms with E-state index >= 15 is 0 Å². The maximum Gasteiger partial charge on any atom is 0.222 e. The zero-order valence-electron chi connectivity index (χ0n) is 9.81. The predicted molar refractivity (Wildman–Crippen MR) is 71.2 cm³/mol. The first-order valence-corrected chi connectivity index (χ1v) is 5.90. The third kappa shape index (κ3) is 2.07. The summed E-state index contributed by atoms with van der Waals surface area (Å²) in [6.45, 7) is 0.653. The van der Waals surface area contributed by atoms with Gasteiger partial charge < -0.3 is 16.4 Å². The van der Waals surface area contributed by atoms with Crippen LogP contribution in [0.5, 0.6) is 0 Å². The van der Waals surface area contributed by atoms with E-state index in [-0.39, 0.29) is 11.9 Å². The molecule has 0 bridgehead atoms. The molecule has 2 aromatic rings. The van der Waals surface area contributed by atoms with Crippen molar-refractivity contribution in [1.82, 2.24) is 10.3 Å². The molecule has 2 heterocycles. The average molecular weight is 242 g/mol. The molecule has 1 aliphatic rings. The molecule has 0 saturated carbocycles. The number of benzene rings is 1. The Labute approximate surface area is 104 Å². The summed E-state index contributed by atoms with van der Waals surface area (Å²) < 4.78 is 0. The minimum Gasteiger partial charge on any atom is -0.399 e. The molecule has 18 heavy (non-hydrogen) atoms. The zero-order valence-corrected chi connectivity index (χ0v) is 9.81. The zero-order chi connectivity index (χ0) is 12.5. The number of anilines is 2. The van der Waals surface area contributed by atoms with Crippen molar-refractivity contribution in [3.05, 3.63) is 30.3 Å². The molecule has 1 fully saturated rings. The largest absolute Gasteiger partial charge is 0.399 e. The Hall–Kier alpha value is -2.30. The molecular formula is C13H14N4O. The molecular weight excluding hydrogens is 228 g/mol. The molecule has 0 aliphatic carbocycles. The maximum atomic E-state index is 11.1. The topological polar surface area (TPSA) is 80.0 Å². The second-order valence-corrected chi connectivity index (χ2v) is 4.50. The number of fused-ring (bicyclic) bond motifs is 1. The maximum absolute atomic E-state index is 11.1. The van der Waals surface area contributed by atoms with Gasteiger partial charge in [0.05, 0.1) is 11.6 Å². The van der Waals surface area contributed by atoms with Gasteiger partial charge in [-0.3, -0.25) is 4.79 Å². The fourth-order valence-electron chi connectivity index (χ4n) is 2.14. The number of amides is 1. The monoisotopic (exact) mass is 242 g/mol. The summed E-state index contributed by atoms with van der Waals surface area (Å²) >= 11 is 0. The second kappa shape index (κ2) is 4.18. The third-order valence-corrected chi connectivity index (χ3v) is 3.04. The van der Waals surface area contributed by atoms with Crippen LogP contribution in [0.1, 0.15) is 6.42 Å². The Balaban J connectivity index is 1.85. The van der Waals surface area contributed by atoms with Crippen LogP contribution in [0.3, 0.4) is 0 Å². The van der Waals surface area contributed by atoms with Crippen molar-refractivity contribution in [1.29, 1.82) is 0 Å². The molecule has 0 spiro atoms. The average Bonchev–Trinajstić information content (AvgIpc) is 2.75. The van der Waals surface area contributed by atoms with Crippen molar-refractivity contribution < 1.29 is 4.79 Å². The second-order valence-electron chi connectivity index (χ2n) is 4.50. The molecule has 3 rings (SSSR count). The number of nitrogen functional groups attached to an aromatic ring is 1. The molecule has 0 radical (unpaired) electrons. The Morgan fingerprint density at radius 3 is 3.00 bits per heavy atom. The lowest BCUT2D eigenvalue weighted by Gasteiger charge is -2.11. The first-order valence-electron chi connectivity index (χ1n) is 5.90. The van der Waals surface area contributed by atoms with Gasteiger partial charge in [0.15, 0.2) is 0 Å². The molecule has 1 amide bonds. The van der Waals surface area contributed by atoms with Gasteiger partial charge in [0.2, 0.25) is 5.91 Å². The van der Waals surface area contributed by atoms with Crippen LogP contribution in [0.15, 0.2) is 30.3 Å². The fourth-order valence-corrected chi connectivity index (χ4v) is 2.14. The van der Waals surface area contributed by atoms with E-state index in [0.717, 1.165) is 22.4 Å². The normalized spacial score (nSPS) is 18.9. The number of aromatic nitrogens is 1. The SMILES string of the molecule is Nc1ccc2nc(NC3CNC(=O)C3)ccc2c1. The molecule has 1 aliphatic heterocycles. The lowest BCUT2D eigenvalue weighted by atomic mass is 10.2. The van der Waals surface area contributed by atoms with Crippen molar-refractivity contribution >= 4 is 28.3 Å². The Morgan fingerprint density at radius 2 is 2.22 bits per heavy atom. The summed E-state index contributed by atoms with van der Waals surface area (Å²) in [5, 5.41) is 7.06. The highest BCUT2D eigenvalue weighted by atomic mass is 16.1. The van der Waals surface area contributed by atoms with Gasteiger partial charge >= 0.3 is 0 Å². The Morgan fingerprint density at radius 1 is 1.33 bits per heavy atom. The fraction of sp³-hybridized carbons (Fsp3) is 0.231. The summed E-state index contributed by atoms with van der Waals surface area (Å²) in [4.78, 5) is 15.6. The Bertz CT molecular complexity index is 611. The lowest BCUT2D eigenvalue weighted by molar-refractivity contribution is -0.119. The highest BCUT2D eigenvalue weighted by Gasteiger charge is 2.21. The van der Waals surface area contributed by atoms with E-state index in [1.54, 1.807) is 0 Å². The van der Waals surface area contributed by atoms with Crippen LogP contribution in [0.2, 0.25) is 0 Å². The van der Waals surface area contributed by atoms with Crippen LogP contribution in [0, 0.1) is 0 Å². The van der Waals surface area contributed by atoms with E-state index in [1.807, 2.05) is 30.3 Å². The van der Waals surface area contributed by atoms with Gasteiger partial charge in [0, 0.05) is 24.0 Å². The van der Waals surface area contributed by atoms with Crippen molar-refractivity contribution in [3.8, 4) is 0 Å².